The maximum Gasteiger partial charge on any atom is 0.236 e. The molecular weight excluding hydrogens is 358 g/mol. The first-order valence-corrected chi connectivity index (χ1v) is 10.3. The number of thioether (sulfide) groups is 1. The van der Waals surface area contributed by atoms with Crippen molar-refractivity contribution >= 4 is 17.7 Å². The molecule has 2 aromatic rings. The molecule has 1 aliphatic rings. The number of piperidine rings is 1. The summed E-state index contributed by atoms with van der Waals surface area (Å²) in [6.07, 6.45) is 8.63. The highest BCUT2D eigenvalue weighted by Gasteiger charge is 2.32. The predicted molar refractivity (Wildman–Crippen MR) is 108 cm³/mol. The fraction of sp³-hybridized carbons (Fsp3) is 0.500. The summed E-state index contributed by atoms with van der Waals surface area (Å²) >= 11 is 1.47. The third kappa shape index (κ3) is 4.24. The zero-order valence-corrected chi connectivity index (χ0v) is 17.0. The molecule has 7 heteroatoms. The van der Waals surface area contributed by atoms with Crippen molar-refractivity contribution in [3.8, 4) is 11.4 Å². The van der Waals surface area contributed by atoms with Crippen molar-refractivity contribution in [2.24, 2.45) is 0 Å². The quantitative estimate of drug-likeness (QED) is 0.559. The van der Waals surface area contributed by atoms with Gasteiger partial charge in [-0.25, -0.2) is 0 Å². The average molecular weight is 386 g/mol. The minimum absolute atomic E-state index is 0.179. The molecule has 1 amide bonds. The zero-order chi connectivity index (χ0) is 19.4. The molecule has 1 fully saturated rings. The molecule has 0 unspecified atom stereocenters. The summed E-state index contributed by atoms with van der Waals surface area (Å²) in [5, 5.41) is 9.22. The lowest BCUT2D eigenvalue weighted by atomic mass is 9.97. The van der Waals surface area contributed by atoms with Gasteiger partial charge in [-0.05, 0) is 52.2 Å². The van der Waals surface area contributed by atoms with Crippen molar-refractivity contribution in [1.82, 2.24) is 24.6 Å². The van der Waals surface area contributed by atoms with Crippen LogP contribution >= 0.6 is 11.8 Å². The average Bonchev–Trinajstić information content (AvgIpc) is 3.05. The van der Waals surface area contributed by atoms with E-state index >= 15 is 0 Å². The molecule has 3 atom stereocenters. The van der Waals surface area contributed by atoms with Gasteiger partial charge in [-0.2, -0.15) is 0 Å². The Bertz CT molecular complexity index is 781. The summed E-state index contributed by atoms with van der Waals surface area (Å²) in [6, 6.07) is 4.40. The second-order valence-electron chi connectivity index (χ2n) is 7.08. The number of hydrogen-bond acceptors (Lipinski definition) is 5. The zero-order valence-electron chi connectivity index (χ0n) is 16.2. The number of allylic oxidation sites excluding steroid dienone is 1. The number of carbonyl (C=O) groups excluding carboxylic acids is 1. The van der Waals surface area contributed by atoms with Crippen molar-refractivity contribution in [3.63, 3.8) is 0 Å². The van der Waals surface area contributed by atoms with Crippen LogP contribution in [0.2, 0.25) is 0 Å². The monoisotopic (exact) mass is 385 g/mol. The van der Waals surface area contributed by atoms with E-state index in [0.29, 0.717) is 18.6 Å². The summed E-state index contributed by atoms with van der Waals surface area (Å²) in [4.78, 5) is 19.2. The summed E-state index contributed by atoms with van der Waals surface area (Å²) in [5.41, 5.74) is 0.948. The van der Waals surface area contributed by atoms with E-state index in [1.54, 1.807) is 12.4 Å². The molecule has 3 rings (SSSR count). The summed E-state index contributed by atoms with van der Waals surface area (Å²) < 4.78 is 2.00. The highest BCUT2D eigenvalue weighted by molar-refractivity contribution is 8.00. The molecule has 6 nitrogen and oxygen atoms in total. The number of aromatic nitrogens is 4. The third-order valence-electron chi connectivity index (χ3n) is 5.04. The van der Waals surface area contributed by atoms with Crippen LogP contribution in [-0.2, 0) is 11.3 Å². The molecule has 2 aromatic heterocycles. The Morgan fingerprint density at radius 1 is 1.30 bits per heavy atom. The second kappa shape index (κ2) is 8.69. The maximum atomic E-state index is 13.1. The standard InChI is InChI=1S/C20H27N5OS/c1-5-13-24-18(17-9-11-21-12-10-17)22-23-20(24)27-16(4)19(26)25-14(2)7-6-8-15(25)3/h5,9-12,14-16H,1,6-8,13H2,2-4H3/t14-,15-,16-/m1/s1. The van der Waals surface area contributed by atoms with Crippen LogP contribution in [0, 0.1) is 0 Å². The molecule has 27 heavy (non-hydrogen) atoms. The molecule has 144 valence electrons. The van der Waals surface area contributed by atoms with E-state index < -0.39 is 0 Å². The first-order valence-electron chi connectivity index (χ1n) is 9.46. The lowest BCUT2D eigenvalue weighted by molar-refractivity contribution is -0.136. The molecule has 0 saturated carbocycles. The second-order valence-corrected chi connectivity index (χ2v) is 8.38. The molecule has 1 saturated heterocycles. The molecule has 1 aliphatic heterocycles. The van der Waals surface area contributed by atoms with Crippen molar-refractivity contribution in [2.45, 2.75) is 69.1 Å². The molecule has 0 bridgehead atoms. The van der Waals surface area contributed by atoms with Crippen molar-refractivity contribution in [1.29, 1.82) is 0 Å². The van der Waals surface area contributed by atoms with Gasteiger partial charge in [0.2, 0.25) is 5.91 Å². The maximum absolute atomic E-state index is 13.1. The van der Waals surface area contributed by atoms with Crippen LogP contribution in [0.3, 0.4) is 0 Å². The van der Waals surface area contributed by atoms with Crippen molar-refractivity contribution in [3.05, 3.63) is 37.2 Å². The summed E-state index contributed by atoms with van der Waals surface area (Å²) in [5.74, 6) is 0.942. The summed E-state index contributed by atoms with van der Waals surface area (Å²) in [7, 11) is 0. The van der Waals surface area contributed by atoms with E-state index in [1.165, 1.54) is 18.2 Å². The minimum Gasteiger partial charge on any atom is -0.336 e. The Labute approximate surface area is 165 Å². The predicted octanol–water partition coefficient (Wildman–Crippen LogP) is 3.80. The van der Waals surface area contributed by atoms with Crippen LogP contribution in [0.1, 0.15) is 40.0 Å². The fourth-order valence-electron chi connectivity index (χ4n) is 3.66. The van der Waals surface area contributed by atoms with E-state index in [2.05, 4.69) is 40.5 Å². The lowest BCUT2D eigenvalue weighted by Crippen LogP contribution is -2.50. The SMILES string of the molecule is C=CCn1c(S[C@H](C)C(=O)N2[C@H](C)CCC[C@H]2C)nnc1-c1ccncc1. The van der Waals surface area contributed by atoms with Crippen molar-refractivity contribution in [2.75, 3.05) is 0 Å². The molecule has 0 N–H and O–H groups in total. The Hall–Kier alpha value is -2.15. The van der Waals surface area contributed by atoms with Gasteiger partial charge in [0.1, 0.15) is 0 Å². The number of nitrogens with zero attached hydrogens (tertiary/aromatic N) is 5. The van der Waals surface area contributed by atoms with Gasteiger partial charge in [-0.15, -0.1) is 16.8 Å². The van der Waals surface area contributed by atoms with Crippen LogP contribution in [0.15, 0.2) is 42.3 Å². The highest BCUT2D eigenvalue weighted by atomic mass is 32.2. The highest BCUT2D eigenvalue weighted by Crippen LogP contribution is 2.30. The lowest BCUT2D eigenvalue weighted by Gasteiger charge is -2.40. The Morgan fingerprint density at radius 2 is 1.96 bits per heavy atom. The number of likely N-dealkylation sites (tertiary alicyclic amines) is 1. The first-order chi connectivity index (χ1) is 13.0. The normalized spacial score (nSPS) is 21.1. The van der Waals surface area contributed by atoms with E-state index in [-0.39, 0.29) is 11.2 Å². The van der Waals surface area contributed by atoms with Crippen LogP contribution < -0.4 is 0 Å². The van der Waals surface area contributed by atoms with Gasteiger partial charge >= 0.3 is 0 Å². The molecule has 0 aliphatic carbocycles. The molecular formula is C20H27N5OS. The Kier molecular flexibility index (Phi) is 6.31. The van der Waals surface area contributed by atoms with Gasteiger partial charge in [-0.3, -0.25) is 14.3 Å². The van der Waals surface area contributed by atoms with Crippen molar-refractivity contribution < 1.29 is 4.79 Å². The molecule has 0 spiro atoms. The number of pyridine rings is 1. The Morgan fingerprint density at radius 3 is 2.59 bits per heavy atom. The summed E-state index contributed by atoms with van der Waals surface area (Å²) in [6.45, 7) is 10.7. The number of rotatable bonds is 6. The van der Waals surface area contributed by atoms with Gasteiger partial charge in [0.15, 0.2) is 11.0 Å². The number of hydrogen-bond donors (Lipinski definition) is 0. The van der Waals surface area contributed by atoms with Gasteiger partial charge in [0.05, 0.1) is 5.25 Å². The van der Waals surface area contributed by atoms with Crippen LogP contribution in [0.25, 0.3) is 11.4 Å². The topological polar surface area (TPSA) is 63.9 Å². The van der Waals surface area contributed by atoms with E-state index in [9.17, 15) is 4.79 Å². The van der Waals surface area contributed by atoms with E-state index in [1.807, 2.05) is 29.7 Å². The molecule has 0 aromatic carbocycles. The van der Waals surface area contributed by atoms with E-state index in [0.717, 1.165) is 29.4 Å². The fourth-order valence-corrected chi connectivity index (χ4v) is 4.57. The largest absolute Gasteiger partial charge is 0.336 e. The minimum atomic E-state index is -0.217. The van der Waals surface area contributed by atoms with Gasteiger partial charge in [-0.1, -0.05) is 17.8 Å². The van der Waals surface area contributed by atoms with Gasteiger partial charge in [0.25, 0.3) is 0 Å². The Balaban J connectivity index is 1.81. The first kappa shape index (κ1) is 19.6. The third-order valence-corrected chi connectivity index (χ3v) is 6.11. The molecule has 0 radical (unpaired) electrons. The number of carbonyl (C=O) groups is 1. The molecule has 3 heterocycles. The van der Waals surface area contributed by atoms with Crippen LogP contribution in [0.5, 0.6) is 0 Å². The van der Waals surface area contributed by atoms with Crippen LogP contribution in [-0.4, -0.2) is 47.9 Å². The number of amides is 1. The van der Waals surface area contributed by atoms with Crippen LogP contribution in [0.4, 0.5) is 0 Å². The van der Waals surface area contributed by atoms with Gasteiger partial charge < -0.3 is 4.90 Å². The smallest absolute Gasteiger partial charge is 0.236 e. The van der Waals surface area contributed by atoms with Gasteiger partial charge in [0, 0.05) is 36.6 Å². The van der Waals surface area contributed by atoms with E-state index in [4.69, 9.17) is 0 Å².